The summed E-state index contributed by atoms with van der Waals surface area (Å²) in [6.45, 7) is 7.53. The third-order valence-electron chi connectivity index (χ3n) is 7.10. The fraction of sp³-hybridized carbons (Fsp3) is 0.739. The topological polar surface area (TPSA) is 79.5 Å². The average Bonchev–Trinajstić information content (AvgIpc) is 3.37. The van der Waals surface area contributed by atoms with Gasteiger partial charge in [0, 0.05) is 17.7 Å². The van der Waals surface area contributed by atoms with Crippen molar-refractivity contribution in [3.63, 3.8) is 0 Å². The molecular weight excluding hydrogens is 380 g/mol. The SMILES string of the molecule is Cc1c(C#N)c(NC(=O)CN2CCC(C3OCCO3)CC2)n(C2CCCCC2)c1C. The highest BCUT2D eigenvalue weighted by molar-refractivity contribution is 5.93. The Balaban J connectivity index is 1.40. The molecule has 1 amide bonds. The number of ether oxygens (including phenoxy) is 2. The fourth-order valence-corrected chi connectivity index (χ4v) is 5.29. The molecule has 4 rings (SSSR count). The van der Waals surface area contributed by atoms with Gasteiger partial charge in [-0.15, -0.1) is 0 Å². The molecule has 2 saturated heterocycles. The van der Waals surface area contributed by atoms with E-state index in [0.717, 1.165) is 50.0 Å². The van der Waals surface area contributed by atoms with E-state index in [9.17, 15) is 10.1 Å². The van der Waals surface area contributed by atoms with E-state index in [-0.39, 0.29) is 12.2 Å². The minimum absolute atomic E-state index is 0.0344. The van der Waals surface area contributed by atoms with Gasteiger partial charge >= 0.3 is 0 Å². The Labute approximate surface area is 179 Å². The van der Waals surface area contributed by atoms with E-state index in [2.05, 4.69) is 27.8 Å². The molecule has 1 saturated carbocycles. The summed E-state index contributed by atoms with van der Waals surface area (Å²) in [5.41, 5.74) is 2.70. The quantitative estimate of drug-likeness (QED) is 0.798. The van der Waals surface area contributed by atoms with Crippen LogP contribution < -0.4 is 5.32 Å². The van der Waals surface area contributed by atoms with Crippen molar-refractivity contribution in [1.82, 2.24) is 9.47 Å². The zero-order valence-electron chi connectivity index (χ0n) is 18.3. The Bertz CT molecular complexity index is 792. The van der Waals surface area contributed by atoms with E-state index in [1.807, 2.05) is 6.92 Å². The second kappa shape index (κ2) is 9.51. The van der Waals surface area contributed by atoms with Gasteiger partial charge in [0.15, 0.2) is 6.29 Å². The molecule has 7 heteroatoms. The number of amides is 1. The molecule has 0 aromatic carbocycles. The van der Waals surface area contributed by atoms with Crippen LogP contribution in [0.4, 0.5) is 5.82 Å². The van der Waals surface area contributed by atoms with Gasteiger partial charge in [-0.25, -0.2) is 0 Å². The summed E-state index contributed by atoms with van der Waals surface area (Å²) in [5, 5.41) is 12.9. The van der Waals surface area contributed by atoms with E-state index < -0.39 is 0 Å². The van der Waals surface area contributed by atoms with E-state index in [1.54, 1.807) is 0 Å². The van der Waals surface area contributed by atoms with Crippen molar-refractivity contribution in [2.24, 2.45) is 5.92 Å². The molecule has 3 aliphatic rings. The Morgan fingerprint density at radius 2 is 1.77 bits per heavy atom. The third kappa shape index (κ3) is 4.41. The molecule has 0 atom stereocenters. The van der Waals surface area contributed by atoms with Crippen molar-refractivity contribution < 1.29 is 14.3 Å². The number of nitrogens with one attached hydrogen (secondary N) is 1. The molecule has 164 valence electrons. The summed E-state index contributed by atoms with van der Waals surface area (Å²) in [4.78, 5) is 15.1. The zero-order valence-corrected chi connectivity index (χ0v) is 18.3. The smallest absolute Gasteiger partial charge is 0.239 e. The highest BCUT2D eigenvalue weighted by Crippen LogP contribution is 2.36. The normalized spacial score (nSPS) is 22.3. The van der Waals surface area contributed by atoms with E-state index in [4.69, 9.17) is 9.47 Å². The summed E-state index contributed by atoms with van der Waals surface area (Å²) in [7, 11) is 0. The van der Waals surface area contributed by atoms with Crippen LogP contribution in [0.2, 0.25) is 0 Å². The minimum atomic E-state index is -0.0658. The molecular formula is C23H34N4O3. The number of nitrogens with zero attached hydrogens (tertiary/aromatic N) is 3. The van der Waals surface area contributed by atoms with Gasteiger partial charge < -0.3 is 19.4 Å². The minimum Gasteiger partial charge on any atom is -0.350 e. The molecule has 0 bridgehead atoms. The fourth-order valence-electron chi connectivity index (χ4n) is 5.29. The zero-order chi connectivity index (χ0) is 21.1. The van der Waals surface area contributed by atoms with E-state index >= 15 is 0 Å². The summed E-state index contributed by atoms with van der Waals surface area (Å²) in [6.07, 6.45) is 7.82. The largest absolute Gasteiger partial charge is 0.350 e. The lowest BCUT2D eigenvalue weighted by Gasteiger charge is -2.33. The Kier molecular flexibility index (Phi) is 6.77. The molecule has 3 heterocycles. The molecule has 3 fully saturated rings. The first-order chi connectivity index (χ1) is 14.6. The van der Waals surface area contributed by atoms with Gasteiger partial charge in [0.1, 0.15) is 11.9 Å². The second-order valence-electron chi connectivity index (χ2n) is 8.98. The van der Waals surface area contributed by atoms with Crippen LogP contribution >= 0.6 is 0 Å². The molecule has 2 aliphatic heterocycles. The van der Waals surface area contributed by atoms with Gasteiger partial charge in [-0.2, -0.15) is 5.26 Å². The predicted octanol–water partition coefficient (Wildman–Crippen LogP) is 3.51. The molecule has 1 aliphatic carbocycles. The van der Waals surface area contributed by atoms with Gasteiger partial charge in [-0.1, -0.05) is 19.3 Å². The number of piperidine rings is 1. The lowest BCUT2D eigenvalue weighted by molar-refractivity contribution is -0.119. The van der Waals surface area contributed by atoms with Crippen LogP contribution in [0.1, 0.15) is 67.8 Å². The Morgan fingerprint density at radius 3 is 2.40 bits per heavy atom. The van der Waals surface area contributed by atoms with Crippen molar-refractivity contribution in [2.75, 3.05) is 38.2 Å². The number of aromatic nitrogens is 1. The molecule has 1 N–H and O–H groups in total. The van der Waals surface area contributed by atoms with Gasteiger partial charge in [-0.3, -0.25) is 9.69 Å². The van der Waals surface area contributed by atoms with Crippen molar-refractivity contribution in [3.8, 4) is 6.07 Å². The Morgan fingerprint density at radius 1 is 1.10 bits per heavy atom. The van der Waals surface area contributed by atoms with Crippen LogP contribution in [0.25, 0.3) is 0 Å². The number of hydrogen-bond acceptors (Lipinski definition) is 5. The first kappa shape index (κ1) is 21.4. The molecule has 0 unspecified atom stereocenters. The number of rotatable bonds is 5. The van der Waals surface area contributed by atoms with Crippen molar-refractivity contribution in [1.29, 1.82) is 5.26 Å². The predicted molar refractivity (Wildman–Crippen MR) is 114 cm³/mol. The van der Waals surface area contributed by atoms with Crippen molar-refractivity contribution in [2.45, 2.75) is 71.1 Å². The van der Waals surface area contributed by atoms with Crippen LogP contribution in [-0.2, 0) is 14.3 Å². The number of anilines is 1. The van der Waals surface area contributed by atoms with Crippen LogP contribution in [-0.4, -0.2) is 54.5 Å². The summed E-state index contributed by atoms with van der Waals surface area (Å²) in [5.74, 6) is 1.09. The molecule has 30 heavy (non-hydrogen) atoms. The van der Waals surface area contributed by atoms with Crippen LogP contribution in [0.3, 0.4) is 0 Å². The lowest BCUT2D eigenvalue weighted by atomic mass is 9.95. The monoisotopic (exact) mass is 414 g/mol. The first-order valence-corrected chi connectivity index (χ1v) is 11.5. The number of carbonyl (C=O) groups excluding carboxylic acids is 1. The number of carbonyl (C=O) groups is 1. The molecule has 1 aromatic rings. The number of hydrogen-bond donors (Lipinski definition) is 1. The third-order valence-corrected chi connectivity index (χ3v) is 7.10. The van der Waals surface area contributed by atoms with E-state index in [0.29, 0.717) is 43.1 Å². The van der Waals surface area contributed by atoms with Crippen LogP contribution in [0.15, 0.2) is 0 Å². The van der Waals surface area contributed by atoms with E-state index in [1.165, 1.54) is 19.3 Å². The van der Waals surface area contributed by atoms with Crippen LogP contribution in [0, 0.1) is 31.1 Å². The second-order valence-corrected chi connectivity index (χ2v) is 8.98. The standard InChI is InChI=1S/C23H34N4O3/c1-16-17(2)27(19-6-4-3-5-7-19)22(20(16)14-24)25-21(28)15-26-10-8-18(9-11-26)23-29-12-13-30-23/h18-19,23H,3-13,15H2,1-2H3,(H,25,28). The van der Waals surface area contributed by atoms with Gasteiger partial charge in [0.05, 0.1) is 25.3 Å². The van der Waals surface area contributed by atoms with Gasteiger partial charge in [0.2, 0.25) is 5.91 Å². The molecule has 0 spiro atoms. The van der Waals surface area contributed by atoms with Gasteiger partial charge in [0.25, 0.3) is 0 Å². The highest BCUT2D eigenvalue weighted by atomic mass is 16.7. The lowest BCUT2D eigenvalue weighted by Crippen LogP contribution is -2.42. The summed E-state index contributed by atoms with van der Waals surface area (Å²) < 4.78 is 13.5. The maximum atomic E-state index is 12.9. The number of nitriles is 1. The Hall–Kier alpha value is -1.88. The van der Waals surface area contributed by atoms with Crippen molar-refractivity contribution in [3.05, 3.63) is 16.8 Å². The first-order valence-electron chi connectivity index (χ1n) is 11.5. The van der Waals surface area contributed by atoms with Gasteiger partial charge in [-0.05, 0) is 58.2 Å². The van der Waals surface area contributed by atoms with Crippen LogP contribution in [0.5, 0.6) is 0 Å². The van der Waals surface area contributed by atoms with Crippen molar-refractivity contribution >= 4 is 11.7 Å². The maximum absolute atomic E-state index is 12.9. The summed E-state index contributed by atoms with van der Waals surface area (Å²) >= 11 is 0. The average molecular weight is 415 g/mol. The molecule has 7 nitrogen and oxygen atoms in total. The molecule has 1 aromatic heterocycles. The highest BCUT2D eigenvalue weighted by Gasteiger charge is 2.31. The maximum Gasteiger partial charge on any atom is 0.239 e. The molecule has 0 radical (unpaired) electrons. The number of likely N-dealkylation sites (tertiary alicyclic amines) is 1. The summed E-state index contributed by atoms with van der Waals surface area (Å²) in [6, 6.07) is 2.71.